The molecule has 3 rings (SSSR count). The van der Waals surface area contributed by atoms with Crippen LogP contribution in [0.2, 0.25) is 0 Å². The Bertz CT molecular complexity index is 530. The van der Waals surface area contributed by atoms with Crippen molar-refractivity contribution in [2.75, 3.05) is 6.61 Å². The number of para-hydroxylation sites is 1. The number of ether oxygens (including phenoxy) is 1. The lowest BCUT2D eigenvalue weighted by molar-refractivity contribution is 0.0901. The van der Waals surface area contributed by atoms with E-state index >= 15 is 0 Å². The lowest BCUT2D eigenvalue weighted by atomic mass is 9.98. The average Bonchev–Trinajstić information content (AvgIpc) is 2.93. The molecule has 0 aliphatic carbocycles. The monoisotopic (exact) mass is 242 g/mol. The minimum absolute atomic E-state index is 0.0818. The summed E-state index contributed by atoms with van der Waals surface area (Å²) in [4.78, 5) is 4.37. The average molecular weight is 242 g/mol. The minimum atomic E-state index is 0.0818. The molecule has 94 valence electrons. The lowest BCUT2D eigenvalue weighted by Gasteiger charge is -2.19. The van der Waals surface area contributed by atoms with Crippen LogP contribution in [0.4, 0.5) is 0 Å². The van der Waals surface area contributed by atoms with E-state index in [1.807, 2.05) is 24.4 Å². The van der Waals surface area contributed by atoms with E-state index < -0.39 is 0 Å². The number of nitrogens with zero attached hydrogens (tertiary/aromatic N) is 1. The van der Waals surface area contributed by atoms with Crippen molar-refractivity contribution in [2.45, 2.75) is 31.4 Å². The van der Waals surface area contributed by atoms with Gasteiger partial charge in [-0.2, -0.15) is 0 Å². The zero-order chi connectivity index (χ0) is 12.4. The smallest absolute Gasteiger partial charge is 0.0730 e. The Morgan fingerprint density at radius 1 is 1.33 bits per heavy atom. The van der Waals surface area contributed by atoms with Crippen LogP contribution in [0.25, 0.3) is 10.9 Å². The zero-order valence-corrected chi connectivity index (χ0v) is 10.4. The summed E-state index contributed by atoms with van der Waals surface area (Å²) in [6, 6.07) is 10.4. The predicted molar refractivity (Wildman–Crippen MR) is 72.4 cm³/mol. The zero-order valence-electron chi connectivity index (χ0n) is 10.4. The Morgan fingerprint density at radius 3 is 3.06 bits per heavy atom. The van der Waals surface area contributed by atoms with Crippen LogP contribution in [0.15, 0.2) is 36.5 Å². The summed E-state index contributed by atoms with van der Waals surface area (Å²) in [7, 11) is 0. The highest BCUT2D eigenvalue weighted by Gasteiger charge is 2.23. The van der Waals surface area contributed by atoms with Crippen molar-refractivity contribution < 1.29 is 4.74 Å². The quantitative estimate of drug-likeness (QED) is 0.898. The van der Waals surface area contributed by atoms with Gasteiger partial charge in [0.25, 0.3) is 0 Å². The fraction of sp³-hybridized carbons (Fsp3) is 0.400. The number of benzene rings is 1. The number of rotatable bonds is 3. The third kappa shape index (κ3) is 2.24. The number of hydrogen-bond donors (Lipinski definition) is 1. The van der Waals surface area contributed by atoms with E-state index in [1.54, 1.807) is 0 Å². The molecule has 1 aliphatic heterocycles. The molecule has 0 radical (unpaired) electrons. The Hall–Kier alpha value is -1.45. The molecule has 18 heavy (non-hydrogen) atoms. The van der Waals surface area contributed by atoms with Gasteiger partial charge in [-0.15, -0.1) is 0 Å². The second-order valence-electron chi connectivity index (χ2n) is 4.91. The van der Waals surface area contributed by atoms with E-state index in [1.165, 1.54) is 10.9 Å². The van der Waals surface area contributed by atoms with Gasteiger partial charge in [-0.3, -0.25) is 4.98 Å². The van der Waals surface area contributed by atoms with Crippen molar-refractivity contribution in [3.8, 4) is 0 Å². The number of nitrogens with two attached hydrogens (primary N) is 1. The summed E-state index contributed by atoms with van der Waals surface area (Å²) in [6.45, 7) is 0.857. The van der Waals surface area contributed by atoms with Gasteiger partial charge in [0.1, 0.15) is 0 Å². The van der Waals surface area contributed by atoms with Crippen molar-refractivity contribution in [3.63, 3.8) is 0 Å². The van der Waals surface area contributed by atoms with Crippen LogP contribution < -0.4 is 5.73 Å². The van der Waals surface area contributed by atoms with Gasteiger partial charge in [0.15, 0.2) is 0 Å². The Balaban J connectivity index is 1.85. The van der Waals surface area contributed by atoms with Crippen molar-refractivity contribution in [1.29, 1.82) is 0 Å². The van der Waals surface area contributed by atoms with Crippen LogP contribution in [0, 0.1) is 0 Å². The second kappa shape index (κ2) is 5.04. The van der Waals surface area contributed by atoms with Crippen molar-refractivity contribution in [2.24, 2.45) is 5.73 Å². The van der Waals surface area contributed by atoms with Gasteiger partial charge in [0.2, 0.25) is 0 Å². The lowest BCUT2D eigenvalue weighted by Crippen LogP contribution is -2.36. The summed E-state index contributed by atoms with van der Waals surface area (Å²) in [5.41, 5.74) is 8.56. The molecule has 1 aromatic heterocycles. The summed E-state index contributed by atoms with van der Waals surface area (Å²) in [6.07, 6.45) is 5.16. The molecule has 1 saturated heterocycles. The topological polar surface area (TPSA) is 48.1 Å². The fourth-order valence-electron chi connectivity index (χ4n) is 2.66. The molecule has 2 aromatic rings. The first kappa shape index (κ1) is 11.6. The molecule has 1 aromatic carbocycles. The van der Waals surface area contributed by atoms with Crippen molar-refractivity contribution in [3.05, 3.63) is 42.1 Å². The molecule has 3 heteroatoms. The molecular formula is C15H18N2O. The molecule has 2 atom stereocenters. The van der Waals surface area contributed by atoms with Crippen LogP contribution >= 0.6 is 0 Å². The van der Waals surface area contributed by atoms with Gasteiger partial charge in [0, 0.05) is 24.2 Å². The first-order valence-corrected chi connectivity index (χ1v) is 6.54. The van der Waals surface area contributed by atoms with Crippen LogP contribution in [0.5, 0.6) is 0 Å². The highest BCUT2D eigenvalue weighted by atomic mass is 16.5. The van der Waals surface area contributed by atoms with Gasteiger partial charge in [-0.05, 0) is 37.0 Å². The van der Waals surface area contributed by atoms with E-state index in [0.29, 0.717) is 0 Å². The van der Waals surface area contributed by atoms with Gasteiger partial charge in [-0.1, -0.05) is 18.2 Å². The summed E-state index contributed by atoms with van der Waals surface area (Å²) in [5.74, 6) is 0. The third-order valence-corrected chi connectivity index (χ3v) is 3.64. The molecule has 1 fully saturated rings. The van der Waals surface area contributed by atoms with E-state index in [9.17, 15) is 0 Å². The molecule has 0 bridgehead atoms. The van der Waals surface area contributed by atoms with Crippen molar-refractivity contribution >= 4 is 10.9 Å². The van der Waals surface area contributed by atoms with E-state index in [-0.39, 0.29) is 12.1 Å². The highest BCUT2D eigenvalue weighted by Crippen LogP contribution is 2.21. The van der Waals surface area contributed by atoms with Crippen LogP contribution in [0.1, 0.15) is 18.4 Å². The molecule has 0 spiro atoms. The second-order valence-corrected chi connectivity index (χ2v) is 4.91. The number of aromatic nitrogens is 1. The standard InChI is InChI=1S/C15H18N2O/c16-13(15-6-3-9-18-15)10-11-7-8-17-14-5-2-1-4-12(11)14/h1-2,4-5,7-8,13,15H,3,6,9-10,16H2. The predicted octanol–water partition coefficient (Wildman–Crippen LogP) is 2.28. The molecule has 3 nitrogen and oxygen atoms in total. The number of pyridine rings is 1. The largest absolute Gasteiger partial charge is 0.377 e. The Labute approximate surface area is 107 Å². The van der Waals surface area contributed by atoms with Gasteiger partial charge < -0.3 is 10.5 Å². The fourth-order valence-corrected chi connectivity index (χ4v) is 2.66. The normalized spacial score (nSPS) is 21.3. The van der Waals surface area contributed by atoms with Gasteiger partial charge in [0.05, 0.1) is 11.6 Å². The summed E-state index contributed by atoms with van der Waals surface area (Å²) in [5, 5.41) is 1.20. The van der Waals surface area contributed by atoms with Crippen LogP contribution in [0.3, 0.4) is 0 Å². The molecule has 0 amide bonds. The minimum Gasteiger partial charge on any atom is -0.377 e. The molecule has 2 unspecified atom stereocenters. The molecule has 2 N–H and O–H groups in total. The molecule has 2 heterocycles. The molecule has 1 aliphatic rings. The first-order valence-electron chi connectivity index (χ1n) is 6.54. The number of hydrogen-bond acceptors (Lipinski definition) is 3. The summed E-state index contributed by atoms with van der Waals surface area (Å²) < 4.78 is 5.66. The molecular weight excluding hydrogens is 224 g/mol. The maximum atomic E-state index is 6.26. The Kier molecular flexibility index (Phi) is 3.26. The third-order valence-electron chi connectivity index (χ3n) is 3.64. The van der Waals surface area contributed by atoms with Gasteiger partial charge in [-0.25, -0.2) is 0 Å². The number of fused-ring (bicyclic) bond motifs is 1. The van der Waals surface area contributed by atoms with Crippen LogP contribution in [-0.2, 0) is 11.2 Å². The Morgan fingerprint density at radius 2 is 2.22 bits per heavy atom. The summed E-state index contributed by atoms with van der Waals surface area (Å²) >= 11 is 0. The maximum absolute atomic E-state index is 6.26. The van der Waals surface area contributed by atoms with Crippen molar-refractivity contribution in [1.82, 2.24) is 4.98 Å². The van der Waals surface area contributed by atoms with E-state index in [0.717, 1.165) is 31.4 Å². The molecule has 0 saturated carbocycles. The van der Waals surface area contributed by atoms with Crippen LogP contribution in [-0.4, -0.2) is 23.7 Å². The van der Waals surface area contributed by atoms with E-state index in [4.69, 9.17) is 10.5 Å². The van der Waals surface area contributed by atoms with Gasteiger partial charge >= 0.3 is 0 Å². The maximum Gasteiger partial charge on any atom is 0.0730 e. The first-order chi connectivity index (χ1) is 8.84. The van der Waals surface area contributed by atoms with E-state index in [2.05, 4.69) is 17.1 Å². The highest BCUT2D eigenvalue weighted by molar-refractivity contribution is 5.81. The SMILES string of the molecule is NC(Cc1ccnc2ccccc12)C1CCCO1.